The number of unbranched alkanes of at least 4 members (excludes halogenated alkanes) is 2. The zero-order valence-corrected chi connectivity index (χ0v) is 16.5. The topological polar surface area (TPSA) is 84.0 Å². The van der Waals surface area contributed by atoms with E-state index in [4.69, 9.17) is 0 Å². The van der Waals surface area contributed by atoms with Crippen LogP contribution in [0.4, 0.5) is 10.8 Å². The second-order valence-corrected chi connectivity index (χ2v) is 7.37. The summed E-state index contributed by atoms with van der Waals surface area (Å²) in [5.41, 5.74) is 1.69. The number of nitrogens with zero attached hydrogens (tertiary/aromatic N) is 2. The molecule has 0 unspecified atom stereocenters. The van der Waals surface area contributed by atoms with Crippen LogP contribution in [0.25, 0.3) is 0 Å². The quantitative estimate of drug-likeness (QED) is 0.539. The first-order valence-electron chi connectivity index (χ1n) is 9.26. The standard InChI is InChI=1S/C21H22N4O2S/c1-2-3-5-10-18-24-25-21(28-18)23-20(27)16-11-13-17(14-12-16)22-19(26)15-8-6-4-7-9-15/h4,6-9,11-14H,2-3,5,10H2,1H3,(H,22,26)(H,23,25,27). The van der Waals surface area contributed by atoms with Crippen LogP contribution >= 0.6 is 11.3 Å². The molecule has 0 spiro atoms. The number of aryl methyl sites for hydroxylation is 1. The maximum absolute atomic E-state index is 12.4. The van der Waals surface area contributed by atoms with Crippen LogP contribution in [0.15, 0.2) is 54.6 Å². The summed E-state index contributed by atoms with van der Waals surface area (Å²) in [6.45, 7) is 2.16. The van der Waals surface area contributed by atoms with E-state index in [1.807, 2.05) is 18.2 Å². The van der Waals surface area contributed by atoms with Crippen LogP contribution in [0, 0.1) is 0 Å². The van der Waals surface area contributed by atoms with Gasteiger partial charge in [0.05, 0.1) is 0 Å². The minimum atomic E-state index is -0.253. The van der Waals surface area contributed by atoms with Gasteiger partial charge >= 0.3 is 0 Å². The molecule has 28 heavy (non-hydrogen) atoms. The Hall–Kier alpha value is -3.06. The van der Waals surface area contributed by atoms with Crippen LogP contribution in [0.2, 0.25) is 0 Å². The van der Waals surface area contributed by atoms with E-state index in [0.717, 1.165) is 30.7 Å². The molecule has 0 saturated heterocycles. The van der Waals surface area contributed by atoms with Crippen molar-refractivity contribution >= 4 is 34.0 Å². The van der Waals surface area contributed by atoms with Gasteiger partial charge in [-0.05, 0) is 42.8 Å². The molecular weight excluding hydrogens is 372 g/mol. The molecule has 0 aliphatic carbocycles. The molecule has 2 aromatic carbocycles. The Labute approximate surface area is 168 Å². The number of anilines is 2. The molecule has 0 saturated carbocycles. The number of aromatic nitrogens is 2. The van der Waals surface area contributed by atoms with Crippen LogP contribution in [-0.4, -0.2) is 22.0 Å². The van der Waals surface area contributed by atoms with Crippen molar-refractivity contribution in [3.8, 4) is 0 Å². The second-order valence-electron chi connectivity index (χ2n) is 6.31. The second kappa shape index (κ2) is 9.75. The maximum atomic E-state index is 12.4. The van der Waals surface area contributed by atoms with Crippen molar-refractivity contribution < 1.29 is 9.59 Å². The SMILES string of the molecule is CCCCCc1nnc(NC(=O)c2ccc(NC(=O)c3ccccc3)cc2)s1. The Morgan fingerprint density at radius 3 is 2.25 bits per heavy atom. The summed E-state index contributed by atoms with van der Waals surface area (Å²) in [6.07, 6.45) is 4.28. The van der Waals surface area contributed by atoms with Gasteiger partial charge in [-0.25, -0.2) is 0 Å². The van der Waals surface area contributed by atoms with E-state index in [1.54, 1.807) is 36.4 Å². The lowest BCUT2D eigenvalue weighted by atomic mass is 10.1. The van der Waals surface area contributed by atoms with E-state index >= 15 is 0 Å². The van der Waals surface area contributed by atoms with Crippen LogP contribution in [0.5, 0.6) is 0 Å². The zero-order valence-electron chi connectivity index (χ0n) is 15.6. The van der Waals surface area contributed by atoms with E-state index in [9.17, 15) is 9.59 Å². The Bertz CT molecular complexity index is 923. The smallest absolute Gasteiger partial charge is 0.257 e. The average molecular weight is 395 g/mol. The molecule has 2 N–H and O–H groups in total. The fourth-order valence-corrected chi connectivity index (χ4v) is 3.38. The number of amides is 2. The van der Waals surface area contributed by atoms with E-state index < -0.39 is 0 Å². The van der Waals surface area contributed by atoms with Gasteiger partial charge < -0.3 is 5.32 Å². The number of nitrogens with one attached hydrogen (secondary N) is 2. The highest BCUT2D eigenvalue weighted by atomic mass is 32.1. The number of rotatable bonds is 8. The van der Waals surface area contributed by atoms with Crippen molar-refractivity contribution in [2.75, 3.05) is 10.6 Å². The summed E-state index contributed by atoms with van der Waals surface area (Å²) >= 11 is 1.40. The molecule has 144 valence electrons. The molecule has 3 rings (SSSR count). The first kappa shape index (κ1) is 19.7. The van der Waals surface area contributed by atoms with Crippen molar-refractivity contribution in [1.29, 1.82) is 0 Å². The predicted octanol–water partition coefficient (Wildman–Crippen LogP) is 4.78. The molecule has 0 radical (unpaired) electrons. The molecule has 7 heteroatoms. The highest BCUT2D eigenvalue weighted by Gasteiger charge is 2.11. The predicted molar refractivity (Wildman–Crippen MR) is 112 cm³/mol. The molecule has 1 aromatic heterocycles. The molecule has 3 aromatic rings. The van der Waals surface area contributed by atoms with Gasteiger partial charge in [0.15, 0.2) is 0 Å². The van der Waals surface area contributed by atoms with Crippen LogP contribution in [0.1, 0.15) is 51.9 Å². The maximum Gasteiger partial charge on any atom is 0.257 e. The summed E-state index contributed by atoms with van der Waals surface area (Å²) in [6, 6.07) is 15.7. The molecule has 0 atom stereocenters. The third kappa shape index (κ3) is 5.47. The summed E-state index contributed by atoms with van der Waals surface area (Å²) in [5.74, 6) is -0.445. The summed E-state index contributed by atoms with van der Waals surface area (Å²) < 4.78 is 0. The van der Waals surface area contributed by atoms with Crippen molar-refractivity contribution in [3.63, 3.8) is 0 Å². The normalized spacial score (nSPS) is 10.5. The molecule has 1 heterocycles. The fourth-order valence-electron chi connectivity index (χ4n) is 2.60. The number of hydrogen-bond donors (Lipinski definition) is 2. The molecule has 0 aliphatic rings. The van der Waals surface area contributed by atoms with Crippen molar-refractivity contribution in [2.24, 2.45) is 0 Å². The fraction of sp³-hybridized carbons (Fsp3) is 0.238. The molecule has 2 amide bonds. The van der Waals surface area contributed by atoms with Gasteiger partial charge in [-0.3, -0.25) is 14.9 Å². The van der Waals surface area contributed by atoms with Gasteiger partial charge in [0.2, 0.25) is 5.13 Å². The van der Waals surface area contributed by atoms with E-state index in [0.29, 0.717) is 21.9 Å². The van der Waals surface area contributed by atoms with Crippen molar-refractivity contribution in [3.05, 3.63) is 70.7 Å². The van der Waals surface area contributed by atoms with Gasteiger partial charge in [-0.1, -0.05) is 49.3 Å². The monoisotopic (exact) mass is 394 g/mol. The van der Waals surface area contributed by atoms with E-state index in [2.05, 4.69) is 27.8 Å². The Kier molecular flexibility index (Phi) is 6.86. The zero-order chi connectivity index (χ0) is 19.8. The van der Waals surface area contributed by atoms with Gasteiger partial charge in [-0.15, -0.1) is 10.2 Å². The Morgan fingerprint density at radius 2 is 1.54 bits per heavy atom. The lowest BCUT2D eigenvalue weighted by Crippen LogP contribution is -2.13. The minimum Gasteiger partial charge on any atom is -0.322 e. The number of carbonyl (C=O) groups is 2. The van der Waals surface area contributed by atoms with Crippen molar-refractivity contribution in [2.45, 2.75) is 32.6 Å². The highest BCUT2D eigenvalue weighted by Crippen LogP contribution is 2.19. The van der Waals surface area contributed by atoms with Crippen molar-refractivity contribution in [1.82, 2.24) is 10.2 Å². The number of benzene rings is 2. The summed E-state index contributed by atoms with van der Waals surface area (Å²) in [5, 5.41) is 15.2. The third-order valence-electron chi connectivity index (χ3n) is 4.12. The first-order chi connectivity index (χ1) is 13.7. The average Bonchev–Trinajstić information content (AvgIpc) is 3.16. The molecule has 0 fully saturated rings. The largest absolute Gasteiger partial charge is 0.322 e. The molecular formula is C21H22N4O2S. The molecule has 0 aliphatic heterocycles. The van der Waals surface area contributed by atoms with Gasteiger partial charge in [0.1, 0.15) is 5.01 Å². The van der Waals surface area contributed by atoms with E-state index in [-0.39, 0.29) is 11.8 Å². The van der Waals surface area contributed by atoms with Gasteiger partial charge in [-0.2, -0.15) is 0 Å². The number of hydrogen-bond acceptors (Lipinski definition) is 5. The first-order valence-corrected chi connectivity index (χ1v) is 10.1. The van der Waals surface area contributed by atoms with Crippen LogP contribution < -0.4 is 10.6 Å². The molecule has 0 bridgehead atoms. The lowest BCUT2D eigenvalue weighted by Gasteiger charge is -2.06. The lowest BCUT2D eigenvalue weighted by molar-refractivity contribution is 0.102. The van der Waals surface area contributed by atoms with E-state index in [1.165, 1.54) is 11.3 Å². The van der Waals surface area contributed by atoms with Crippen LogP contribution in [0.3, 0.4) is 0 Å². The Balaban J connectivity index is 1.55. The third-order valence-corrected chi connectivity index (χ3v) is 5.02. The summed E-state index contributed by atoms with van der Waals surface area (Å²) in [4.78, 5) is 24.5. The van der Waals surface area contributed by atoms with Crippen LogP contribution in [-0.2, 0) is 6.42 Å². The Morgan fingerprint density at radius 1 is 0.857 bits per heavy atom. The summed E-state index contributed by atoms with van der Waals surface area (Å²) in [7, 11) is 0. The number of carbonyl (C=O) groups excluding carboxylic acids is 2. The molecule has 6 nitrogen and oxygen atoms in total. The minimum absolute atomic E-state index is 0.192. The van der Waals surface area contributed by atoms with Gasteiger partial charge in [0.25, 0.3) is 11.8 Å². The highest BCUT2D eigenvalue weighted by molar-refractivity contribution is 7.15. The van der Waals surface area contributed by atoms with Gasteiger partial charge in [0, 0.05) is 23.2 Å².